The first-order valence-corrected chi connectivity index (χ1v) is 7.16. The minimum absolute atomic E-state index is 0.241. The average Bonchev–Trinajstić information content (AvgIpc) is 2.41. The minimum atomic E-state index is -0.380. The molecule has 1 N–H and O–H groups in total. The molecule has 0 saturated carbocycles. The van der Waals surface area contributed by atoms with Crippen LogP contribution in [0.4, 0.5) is 5.69 Å². The van der Waals surface area contributed by atoms with Gasteiger partial charge < -0.3 is 10.1 Å². The van der Waals surface area contributed by atoms with Crippen molar-refractivity contribution < 1.29 is 9.53 Å². The number of hydrogen-bond donors (Lipinski definition) is 1. The Morgan fingerprint density at radius 1 is 1.20 bits per heavy atom. The molecule has 6 heteroatoms. The zero-order valence-electron chi connectivity index (χ0n) is 10.4. The molecule has 2 aromatic carbocycles. The SMILES string of the molecule is COc1ccc(Br)c(NC(=O)c2c(Cl)cccc2Cl)c1. The van der Waals surface area contributed by atoms with Gasteiger partial charge in [0.05, 0.1) is 28.4 Å². The summed E-state index contributed by atoms with van der Waals surface area (Å²) in [4.78, 5) is 12.3. The van der Waals surface area contributed by atoms with Crippen molar-refractivity contribution in [2.24, 2.45) is 0 Å². The quantitative estimate of drug-likeness (QED) is 0.819. The third-order valence-corrected chi connectivity index (χ3v) is 3.93. The Balaban J connectivity index is 2.33. The molecule has 0 aliphatic heterocycles. The normalized spacial score (nSPS) is 10.2. The van der Waals surface area contributed by atoms with E-state index in [2.05, 4.69) is 21.2 Å². The van der Waals surface area contributed by atoms with Crippen molar-refractivity contribution in [1.82, 2.24) is 0 Å². The molecule has 20 heavy (non-hydrogen) atoms. The van der Waals surface area contributed by atoms with Gasteiger partial charge in [0.25, 0.3) is 5.91 Å². The largest absolute Gasteiger partial charge is 0.497 e. The highest BCUT2D eigenvalue weighted by molar-refractivity contribution is 9.10. The van der Waals surface area contributed by atoms with Gasteiger partial charge in [0.15, 0.2) is 0 Å². The highest BCUT2D eigenvalue weighted by Crippen LogP contribution is 2.30. The molecule has 0 bridgehead atoms. The van der Waals surface area contributed by atoms with Crippen molar-refractivity contribution in [2.45, 2.75) is 0 Å². The van der Waals surface area contributed by atoms with E-state index >= 15 is 0 Å². The molecule has 1 amide bonds. The fraction of sp³-hybridized carbons (Fsp3) is 0.0714. The van der Waals surface area contributed by atoms with E-state index in [-0.39, 0.29) is 11.5 Å². The molecule has 0 fully saturated rings. The van der Waals surface area contributed by atoms with Crippen LogP contribution in [-0.4, -0.2) is 13.0 Å². The molecule has 2 aromatic rings. The van der Waals surface area contributed by atoms with E-state index in [1.54, 1.807) is 43.5 Å². The van der Waals surface area contributed by atoms with Crippen LogP contribution in [0.3, 0.4) is 0 Å². The first-order chi connectivity index (χ1) is 9.52. The molecule has 0 aliphatic rings. The second kappa shape index (κ2) is 6.48. The van der Waals surface area contributed by atoms with Crippen LogP contribution in [0.15, 0.2) is 40.9 Å². The predicted molar refractivity (Wildman–Crippen MR) is 85.1 cm³/mol. The molecule has 0 unspecified atom stereocenters. The molecular formula is C14H10BrCl2NO2. The van der Waals surface area contributed by atoms with Crippen molar-refractivity contribution >= 4 is 50.7 Å². The van der Waals surface area contributed by atoms with Gasteiger partial charge in [-0.25, -0.2) is 0 Å². The number of nitrogens with one attached hydrogen (secondary N) is 1. The lowest BCUT2D eigenvalue weighted by molar-refractivity contribution is 0.102. The van der Waals surface area contributed by atoms with Crippen LogP contribution in [-0.2, 0) is 0 Å². The molecule has 0 heterocycles. The average molecular weight is 375 g/mol. The first kappa shape index (κ1) is 15.2. The van der Waals surface area contributed by atoms with E-state index in [9.17, 15) is 4.79 Å². The van der Waals surface area contributed by atoms with Crippen molar-refractivity contribution in [2.75, 3.05) is 12.4 Å². The van der Waals surface area contributed by atoms with Crippen LogP contribution >= 0.6 is 39.1 Å². The van der Waals surface area contributed by atoms with Crippen molar-refractivity contribution in [3.63, 3.8) is 0 Å². The summed E-state index contributed by atoms with van der Waals surface area (Å²) in [6, 6.07) is 10.2. The molecule has 2 rings (SSSR count). The Bertz CT molecular complexity index is 641. The molecular weight excluding hydrogens is 365 g/mol. The van der Waals surface area contributed by atoms with E-state index in [1.807, 2.05) is 0 Å². The second-order valence-corrected chi connectivity index (χ2v) is 5.57. The molecule has 0 radical (unpaired) electrons. The zero-order chi connectivity index (χ0) is 14.7. The summed E-state index contributed by atoms with van der Waals surface area (Å²) in [7, 11) is 1.56. The second-order valence-electron chi connectivity index (χ2n) is 3.90. The number of carbonyl (C=O) groups is 1. The maximum Gasteiger partial charge on any atom is 0.258 e. The van der Waals surface area contributed by atoms with E-state index in [0.29, 0.717) is 21.5 Å². The lowest BCUT2D eigenvalue weighted by Gasteiger charge is -2.11. The van der Waals surface area contributed by atoms with Crippen LogP contribution in [0.5, 0.6) is 5.75 Å². The Labute approximate surface area is 135 Å². The Morgan fingerprint density at radius 2 is 1.85 bits per heavy atom. The molecule has 0 atom stereocenters. The van der Waals surface area contributed by atoms with Crippen LogP contribution in [0, 0.1) is 0 Å². The molecule has 0 aromatic heterocycles. The lowest BCUT2D eigenvalue weighted by Crippen LogP contribution is -2.13. The van der Waals surface area contributed by atoms with Gasteiger partial charge in [-0.15, -0.1) is 0 Å². The van der Waals surface area contributed by atoms with E-state index in [1.165, 1.54) is 0 Å². The summed E-state index contributed by atoms with van der Waals surface area (Å²) < 4.78 is 5.85. The number of rotatable bonds is 3. The van der Waals surface area contributed by atoms with E-state index in [4.69, 9.17) is 27.9 Å². The number of amides is 1. The van der Waals surface area contributed by atoms with Gasteiger partial charge in [0.1, 0.15) is 5.75 Å². The van der Waals surface area contributed by atoms with Gasteiger partial charge in [0, 0.05) is 10.5 Å². The maximum atomic E-state index is 12.3. The van der Waals surface area contributed by atoms with E-state index in [0.717, 1.165) is 4.47 Å². The summed E-state index contributed by atoms with van der Waals surface area (Å²) in [5, 5.41) is 3.35. The fourth-order valence-electron chi connectivity index (χ4n) is 1.63. The third-order valence-electron chi connectivity index (χ3n) is 2.61. The number of hydrogen-bond acceptors (Lipinski definition) is 2. The van der Waals surface area contributed by atoms with Crippen LogP contribution in [0.1, 0.15) is 10.4 Å². The molecule has 0 spiro atoms. The summed E-state index contributed by atoms with van der Waals surface area (Å²) in [5.74, 6) is 0.253. The molecule has 3 nitrogen and oxygen atoms in total. The minimum Gasteiger partial charge on any atom is -0.497 e. The van der Waals surface area contributed by atoms with Crippen molar-refractivity contribution in [1.29, 1.82) is 0 Å². The van der Waals surface area contributed by atoms with Crippen molar-refractivity contribution in [3.8, 4) is 5.75 Å². The monoisotopic (exact) mass is 373 g/mol. The summed E-state index contributed by atoms with van der Waals surface area (Å²) in [6.45, 7) is 0. The number of methoxy groups -OCH3 is 1. The highest BCUT2D eigenvalue weighted by atomic mass is 79.9. The van der Waals surface area contributed by atoms with Gasteiger partial charge in [0.2, 0.25) is 0 Å². The first-order valence-electron chi connectivity index (χ1n) is 5.62. The summed E-state index contributed by atoms with van der Waals surface area (Å²) in [5.41, 5.74) is 0.816. The van der Waals surface area contributed by atoms with Gasteiger partial charge in [-0.1, -0.05) is 29.3 Å². The summed E-state index contributed by atoms with van der Waals surface area (Å²) >= 11 is 15.4. The van der Waals surface area contributed by atoms with Gasteiger partial charge in [-0.2, -0.15) is 0 Å². The topological polar surface area (TPSA) is 38.3 Å². The highest BCUT2D eigenvalue weighted by Gasteiger charge is 2.16. The lowest BCUT2D eigenvalue weighted by atomic mass is 10.2. The smallest absolute Gasteiger partial charge is 0.258 e. The summed E-state index contributed by atoms with van der Waals surface area (Å²) in [6.07, 6.45) is 0. The maximum absolute atomic E-state index is 12.3. The van der Waals surface area contributed by atoms with E-state index < -0.39 is 0 Å². The Kier molecular flexibility index (Phi) is 4.91. The Morgan fingerprint density at radius 3 is 2.45 bits per heavy atom. The standard InChI is InChI=1S/C14H10BrCl2NO2/c1-20-8-5-6-9(15)12(7-8)18-14(19)13-10(16)3-2-4-11(13)17/h2-7H,1H3,(H,18,19). The molecule has 0 saturated heterocycles. The number of ether oxygens (including phenoxy) is 1. The van der Waals surface area contributed by atoms with Gasteiger partial charge in [-0.3, -0.25) is 4.79 Å². The fourth-order valence-corrected chi connectivity index (χ4v) is 2.54. The number of anilines is 1. The molecule has 104 valence electrons. The number of carbonyl (C=O) groups excluding carboxylic acids is 1. The van der Waals surface area contributed by atoms with Crippen LogP contribution in [0.25, 0.3) is 0 Å². The zero-order valence-corrected chi connectivity index (χ0v) is 13.5. The van der Waals surface area contributed by atoms with Gasteiger partial charge in [-0.05, 0) is 40.2 Å². The van der Waals surface area contributed by atoms with Crippen molar-refractivity contribution in [3.05, 3.63) is 56.5 Å². The number of halogens is 3. The van der Waals surface area contributed by atoms with Crippen LogP contribution in [0.2, 0.25) is 10.0 Å². The van der Waals surface area contributed by atoms with Gasteiger partial charge >= 0.3 is 0 Å². The third kappa shape index (κ3) is 3.26. The molecule has 0 aliphatic carbocycles. The Hall–Kier alpha value is -1.23. The number of benzene rings is 2. The van der Waals surface area contributed by atoms with Crippen LogP contribution < -0.4 is 10.1 Å². The predicted octanol–water partition coefficient (Wildman–Crippen LogP) is 5.02.